The van der Waals surface area contributed by atoms with E-state index in [1.54, 1.807) is 0 Å². The van der Waals surface area contributed by atoms with Crippen LogP contribution in [0.1, 0.15) is 34.6 Å². The van der Waals surface area contributed by atoms with E-state index in [1.807, 2.05) is 11.3 Å². The highest BCUT2D eigenvalue weighted by molar-refractivity contribution is 7.10. The van der Waals surface area contributed by atoms with Gasteiger partial charge in [-0.05, 0) is 30.9 Å². The van der Waals surface area contributed by atoms with Crippen LogP contribution >= 0.6 is 11.3 Å². The molecule has 3 atom stereocenters. The van der Waals surface area contributed by atoms with Gasteiger partial charge in [-0.1, -0.05) is 23.8 Å². The lowest BCUT2D eigenvalue weighted by Crippen LogP contribution is -2.28. The number of hydrogen-bond acceptors (Lipinski definition) is 3. The number of hydrogen-bond donors (Lipinski definition) is 1. The third kappa shape index (κ3) is 1.80. The quantitative estimate of drug-likeness (QED) is 0.835. The molecule has 1 aromatic heterocycles. The Morgan fingerprint density at radius 1 is 1.32 bits per heavy atom. The summed E-state index contributed by atoms with van der Waals surface area (Å²) in [5.74, 6) is 0.563. The Labute approximate surface area is 117 Å². The highest BCUT2D eigenvalue weighted by atomic mass is 32.1. The molecule has 0 saturated carbocycles. The molecule has 1 N–H and O–H groups in total. The normalized spacial score (nSPS) is 28.6. The third-order valence-electron chi connectivity index (χ3n) is 4.24. The van der Waals surface area contributed by atoms with E-state index in [9.17, 15) is 0 Å². The molecule has 2 aromatic rings. The molecular formula is C16H17NOS. The molecule has 98 valence electrons. The van der Waals surface area contributed by atoms with Gasteiger partial charge in [-0.25, -0.2) is 0 Å². The molecule has 0 radical (unpaired) electrons. The molecule has 3 heterocycles. The lowest BCUT2D eigenvalue weighted by atomic mass is 9.83. The molecule has 3 heteroatoms. The first-order valence-corrected chi connectivity index (χ1v) is 7.73. The second-order valence-electron chi connectivity index (χ2n) is 5.47. The molecule has 0 unspecified atom stereocenters. The fourth-order valence-corrected chi connectivity index (χ4v) is 4.19. The van der Waals surface area contributed by atoms with Gasteiger partial charge in [0.15, 0.2) is 0 Å². The van der Waals surface area contributed by atoms with Crippen LogP contribution in [0.25, 0.3) is 0 Å². The van der Waals surface area contributed by atoms with Crippen LogP contribution in [0.5, 0.6) is 0 Å². The second-order valence-corrected chi connectivity index (χ2v) is 6.45. The largest absolute Gasteiger partial charge is 0.377 e. The van der Waals surface area contributed by atoms with Gasteiger partial charge in [0.2, 0.25) is 0 Å². The van der Waals surface area contributed by atoms with E-state index >= 15 is 0 Å². The number of aryl methyl sites for hydroxylation is 1. The molecule has 0 bridgehead atoms. The second kappa shape index (κ2) is 4.36. The summed E-state index contributed by atoms with van der Waals surface area (Å²) in [4.78, 5) is 1.42. The molecule has 1 aromatic carbocycles. The molecule has 0 spiro atoms. The molecule has 2 aliphatic heterocycles. The highest BCUT2D eigenvalue weighted by Crippen LogP contribution is 2.50. The fraction of sp³-hybridized carbons (Fsp3) is 0.375. The van der Waals surface area contributed by atoms with Crippen molar-refractivity contribution in [2.75, 3.05) is 11.9 Å². The van der Waals surface area contributed by atoms with Crippen LogP contribution in [-0.4, -0.2) is 6.61 Å². The van der Waals surface area contributed by atoms with Crippen LogP contribution in [0.4, 0.5) is 5.69 Å². The summed E-state index contributed by atoms with van der Waals surface area (Å²) in [6.45, 7) is 3.03. The number of benzene rings is 1. The zero-order chi connectivity index (χ0) is 12.8. The lowest BCUT2D eigenvalue weighted by molar-refractivity contribution is 0.0832. The number of anilines is 1. The lowest BCUT2D eigenvalue weighted by Gasteiger charge is -2.36. The molecular weight excluding hydrogens is 254 g/mol. The number of fused-ring (bicyclic) bond motifs is 3. The van der Waals surface area contributed by atoms with Crippen LogP contribution in [0.3, 0.4) is 0 Å². The maximum Gasteiger partial charge on any atom is 0.0897 e. The molecule has 0 aliphatic carbocycles. The van der Waals surface area contributed by atoms with Crippen LogP contribution in [0.15, 0.2) is 35.7 Å². The SMILES string of the molecule is Cc1ccc2c(c1)[C@@H]1OCC[C@H]1[C@H](c1cccs1)N2. The van der Waals surface area contributed by atoms with Crippen molar-refractivity contribution in [2.24, 2.45) is 5.92 Å². The minimum atomic E-state index is 0.267. The molecule has 19 heavy (non-hydrogen) atoms. The average Bonchev–Trinajstić information content (AvgIpc) is 3.09. The van der Waals surface area contributed by atoms with Gasteiger partial charge >= 0.3 is 0 Å². The van der Waals surface area contributed by atoms with Crippen molar-refractivity contribution in [3.63, 3.8) is 0 Å². The Kier molecular flexibility index (Phi) is 2.64. The molecule has 2 aliphatic rings. The number of ether oxygens (including phenoxy) is 1. The van der Waals surface area contributed by atoms with Gasteiger partial charge in [0.25, 0.3) is 0 Å². The van der Waals surface area contributed by atoms with Crippen molar-refractivity contribution in [3.8, 4) is 0 Å². The van der Waals surface area contributed by atoms with Gasteiger partial charge in [-0.3, -0.25) is 0 Å². The van der Waals surface area contributed by atoms with Crippen LogP contribution < -0.4 is 5.32 Å². The molecule has 1 saturated heterocycles. The van der Waals surface area contributed by atoms with Crippen molar-refractivity contribution < 1.29 is 4.74 Å². The Morgan fingerprint density at radius 2 is 2.26 bits per heavy atom. The summed E-state index contributed by atoms with van der Waals surface area (Å²) in [5.41, 5.74) is 3.90. The summed E-state index contributed by atoms with van der Waals surface area (Å²) in [5, 5.41) is 5.89. The molecule has 1 fully saturated rings. The van der Waals surface area contributed by atoms with E-state index in [-0.39, 0.29) is 6.10 Å². The number of nitrogens with one attached hydrogen (secondary N) is 1. The van der Waals surface area contributed by atoms with Crippen molar-refractivity contribution in [1.82, 2.24) is 0 Å². The maximum absolute atomic E-state index is 6.03. The Bertz CT molecular complexity index is 593. The van der Waals surface area contributed by atoms with Gasteiger partial charge in [0.05, 0.1) is 12.1 Å². The smallest absolute Gasteiger partial charge is 0.0897 e. The zero-order valence-electron chi connectivity index (χ0n) is 10.9. The van der Waals surface area contributed by atoms with Crippen molar-refractivity contribution in [2.45, 2.75) is 25.5 Å². The Hall–Kier alpha value is -1.32. The average molecular weight is 271 g/mol. The van der Waals surface area contributed by atoms with E-state index in [1.165, 1.54) is 21.7 Å². The van der Waals surface area contributed by atoms with Crippen molar-refractivity contribution >= 4 is 17.0 Å². The van der Waals surface area contributed by atoms with Crippen LogP contribution in [-0.2, 0) is 4.74 Å². The fourth-order valence-electron chi connectivity index (χ4n) is 3.34. The van der Waals surface area contributed by atoms with Crippen molar-refractivity contribution in [3.05, 3.63) is 51.7 Å². The number of thiophene rings is 1. The van der Waals surface area contributed by atoms with Gasteiger partial charge < -0.3 is 10.1 Å². The third-order valence-corrected chi connectivity index (χ3v) is 5.20. The number of rotatable bonds is 1. The van der Waals surface area contributed by atoms with Crippen molar-refractivity contribution in [1.29, 1.82) is 0 Å². The monoisotopic (exact) mass is 271 g/mol. The topological polar surface area (TPSA) is 21.3 Å². The summed E-state index contributed by atoms with van der Waals surface area (Å²) in [7, 11) is 0. The standard InChI is InChI=1S/C16H17NOS/c1-10-4-5-13-12(9-10)16-11(6-7-18-16)15(17-13)14-3-2-8-19-14/h2-5,8-9,11,15-17H,6-7H2,1H3/t11-,15+,16+/m0/s1. The zero-order valence-corrected chi connectivity index (χ0v) is 11.7. The van der Waals surface area contributed by atoms with E-state index < -0.39 is 0 Å². The van der Waals surface area contributed by atoms with E-state index in [0.29, 0.717) is 12.0 Å². The molecule has 2 nitrogen and oxygen atoms in total. The predicted molar refractivity (Wildman–Crippen MR) is 78.7 cm³/mol. The van der Waals surface area contributed by atoms with Gasteiger partial charge in [-0.15, -0.1) is 11.3 Å². The molecule has 0 amide bonds. The Morgan fingerprint density at radius 3 is 3.11 bits per heavy atom. The summed E-state index contributed by atoms with van der Waals surface area (Å²) in [6, 6.07) is 11.4. The van der Waals surface area contributed by atoms with Gasteiger partial charge in [0, 0.05) is 28.7 Å². The summed E-state index contributed by atoms with van der Waals surface area (Å²) < 4.78 is 6.03. The summed E-state index contributed by atoms with van der Waals surface area (Å²) in [6.07, 6.45) is 1.41. The van der Waals surface area contributed by atoms with Crippen LogP contribution in [0, 0.1) is 12.8 Å². The van der Waals surface area contributed by atoms with Crippen LogP contribution in [0.2, 0.25) is 0 Å². The van der Waals surface area contributed by atoms with E-state index in [0.717, 1.165) is 13.0 Å². The molecule has 4 rings (SSSR count). The Balaban J connectivity index is 1.80. The summed E-state index contributed by atoms with van der Waals surface area (Å²) >= 11 is 1.84. The first-order chi connectivity index (χ1) is 9.33. The van der Waals surface area contributed by atoms with E-state index in [2.05, 4.69) is 48.0 Å². The van der Waals surface area contributed by atoms with Gasteiger partial charge in [0.1, 0.15) is 0 Å². The minimum Gasteiger partial charge on any atom is -0.377 e. The first-order valence-electron chi connectivity index (χ1n) is 6.85. The highest BCUT2D eigenvalue weighted by Gasteiger charge is 2.41. The predicted octanol–water partition coefficient (Wildman–Crippen LogP) is 4.30. The first kappa shape index (κ1) is 11.5. The maximum atomic E-state index is 6.03. The van der Waals surface area contributed by atoms with E-state index in [4.69, 9.17) is 4.74 Å². The van der Waals surface area contributed by atoms with Gasteiger partial charge in [-0.2, -0.15) is 0 Å². The minimum absolute atomic E-state index is 0.267.